The predicted molar refractivity (Wildman–Crippen MR) is 215 cm³/mol. The third-order valence-electron chi connectivity index (χ3n) is 9.17. The van der Waals surface area contributed by atoms with Gasteiger partial charge in [-0.1, -0.05) is 160 Å². The van der Waals surface area contributed by atoms with Gasteiger partial charge >= 0.3 is 19.8 Å². The third kappa shape index (κ3) is 37.2. The number of hydrogen-bond acceptors (Lipinski definition) is 9. The number of hydrogen-bond donors (Lipinski definition) is 3. The van der Waals surface area contributed by atoms with Crippen LogP contribution in [-0.4, -0.2) is 65.7 Å². The van der Waals surface area contributed by atoms with E-state index < -0.39 is 58.4 Å². The van der Waals surface area contributed by atoms with Crippen molar-refractivity contribution in [2.45, 2.75) is 206 Å². The molecule has 0 radical (unpaired) electrons. The monoisotopic (exact) mass is 775 g/mol. The van der Waals surface area contributed by atoms with Crippen LogP contribution in [0.1, 0.15) is 194 Å². The molecule has 0 aliphatic rings. The highest BCUT2D eigenvalue weighted by molar-refractivity contribution is 7.47. The van der Waals surface area contributed by atoms with Crippen LogP contribution in [0.15, 0.2) is 24.3 Å². The van der Waals surface area contributed by atoms with Crippen LogP contribution in [0.2, 0.25) is 0 Å². The van der Waals surface area contributed by atoms with Crippen molar-refractivity contribution in [1.82, 2.24) is 0 Å². The molecule has 0 bridgehead atoms. The van der Waals surface area contributed by atoms with Crippen molar-refractivity contribution in [1.29, 1.82) is 0 Å². The first kappa shape index (κ1) is 51.5. The van der Waals surface area contributed by atoms with Gasteiger partial charge in [-0.3, -0.25) is 18.6 Å². The molecule has 11 heteroatoms. The summed E-state index contributed by atoms with van der Waals surface area (Å²) in [6.07, 6.45) is 37.6. The van der Waals surface area contributed by atoms with Crippen LogP contribution >= 0.6 is 7.82 Å². The van der Waals surface area contributed by atoms with Gasteiger partial charge < -0.3 is 24.6 Å². The standard InChI is InChI=1S/C42H79O10P/c1-3-5-7-9-11-12-13-14-15-16-17-18-19-20-21-22-23-24-25-26-28-30-32-34-42(46)52-40(36-44)38-50-53(47,48)49-37-39(35-43)51-41(45)33-31-29-27-10-8-6-4-2/h13-14,16-17,39-40,43-44H,3-12,15,18-38H2,1-2H3,(H,47,48)/b14-13-,17-16-. The number of aliphatic hydroxyl groups excluding tert-OH is 2. The number of aliphatic hydroxyl groups is 2. The second-order valence-corrected chi connectivity index (χ2v) is 15.8. The Morgan fingerprint density at radius 1 is 0.509 bits per heavy atom. The summed E-state index contributed by atoms with van der Waals surface area (Å²) in [6.45, 7) is 2.14. The maximum atomic E-state index is 12.3. The van der Waals surface area contributed by atoms with E-state index >= 15 is 0 Å². The molecule has 0 rings (SSSR count). The Morgan fingerprint density at radius 2 is 0.830 bits per heavy atom. The van der Waals surface area contributed by atoms with Crippen LogP contribution in [0.25, 0.3) is 0 Å². The molecule has 53 heavy (non-hydrogen) atoms. The molecule has 3 atom stereocenters. The molecule has 0 heterocycles. The summed E-state index contributed by atoms with van der Waals surface area (Å²) in [5, 5.41) is 19.1. The topological polar surface area (TPSA) is 149 Å². The zero-order chi connectivity index (χ0) is 39.1. The second-order valence-electron chi connectivity index (χ2n) is 14.3. The van der Waals surface area contributed by atoms with Gasteiger partial charge in [-0.25, -0.2) is 4.57 Å². The minimum atomic E-state index is -4.62. The smallest absolute Gasteiger partial charge is 0.457 e. The number of carbonyl (C=O) groups is 2. The lowest BCUT2D eigenvalue weighted by Gasteiger charge is -2.20. The molecule has 0 aromatic carbocycles. The highest BCUT2D eigenvalue weighted by atomic mass is 31.2. The predicted octanol–water partition coefficient (Wildman–Crippen LogP) is 11.0. The van der Waals surface area contributed by atoms with E-state index in [-0.39, 0.29) is 12.8 Å². The molecule has 0 amide bonds. The molecule has 0 saturated heterocycles. The number of carbonyl (C=O) groups excluding carboxylic acids is 2. The summed E-state index contributed by atoms with van der Waals surface area (Å²) < 4.78 is 32.4. The largest absolute Gasteiger partial charge is 0.472 e. The van der Waals surface area contributed by atoms with Crippen LogP contribution < -0.4 is 0 Å². The van der Waals surface area contributed by atoms with E-state index in [4.69, 9.17) is 18.5 Å². The lowest BCUT2D eigenvalue weighted by molar-refractivity contribution is -0.153. The molecule has 312 valence electrons. The summed E-state index contributed by atoms with van der Waals surface area (Å²) in [7, 11) is -4.62. The van der Waals surface area contributed by atoms with Crippen molar-refractivity contribution in [3.8, 4) is 0 Å². The number of phosphoric ester groups is 1. The molecular formula is C42H79O10P. The number of unbranched alkanes of at least 4 members (excludes halogenated alkanes) is 22. The average Bonchev–Trinajstić information content (AvgIpc) is 3.14. The minimum Gasteiger partial charge on any atom is -0.457 e. The van der Waals surface area contributed by atoms with Gasteiger partial charge in [0.1, 0.15) is 12.2 Å². The van der Waals surface area contributed by atoms with Crippen molar-refractivity contribution in [2.24, 2.45) is 0 Å². The Hall–Kier alpha value is -1.55. The van der Waals surface area contributed by atoms with Crippen molar-refractivity contribution in [3.05, 3.63) is 24.3 Å². The second kappa shape index (κ2) is 38.7. The van der Waals surface area contributed by atoms with E-state index in [1.807, 2.05) is 0 Å². The zero-order valence-electron chi connectivity index (χ0n) is 33.7. The highest BCUT2D eigenvalue weighted by Gasteiger charge is 2.27. The van der Waals surface area contributed by atoms with E-state index in [0.29, 0.717) is 12.8 Å². The molecule has 3 N–H and O–H groups in total. The maximum Gasteiger partial charge on any atom is 0.472 e. The fourth-order valence-electron chi connectivity index (χ4n) is 5.85. The van der Waals surface area contributed by atoms with Gasteiger partial charge in [-0.05, 0) is 44.9 Å². The Labute approximate surface area is 323 Å². The Kier molecular flexibility index (Phi) is 37.6. The van der Waals surface area contributed by atoms with Gasteiger partial charge in [0.05, 0.1) is 26.4 Å². The number of allylic oxidation sites excluding steroid dienone is 4. The van der Waals surface area contributed by atoms with E-state index in [2.05, 4.69) is 38.2 Å². The molecule has 0 aromatic rings. The first-order valence-electron chi connectivity index (χ1n) is 21.3. The molecule has 3 unspecified atom stereocenters. The number of phosphoric acid groups is 1. The van der Waals surface area contributed by atoms with Crippen molar-refractivity contribution < 1.29 is 47.8 Å². The fourth-order valence-corrected chi connectivity index (χ4v) is 6.63. The van der Waals surface area contributed by atoms with Crippen LogP contribution in [0.3, 0.4) is 0 Å². The van der Waals surface area contributed by atoms with Gasteiger partial charge in [0.25, 0.3) is 0 Å². The normalized spacial score (nSPS) is 14.1. The van der Waals surface area contributed by atoms with E-state index in [1.54, 1.807) is 0 Å². The third-order valence-corrected chi connectivity index (χ3v) is 10.1. The van der Waals surface area contributed by atoms with Crippen LogP contribution in [-0.2, 0) is 32.7 Å². The maximum absolute atomic E-state index is 12.3. The van der Waals surface area contributed by atoms with Gasteiger partial charge in [-0.2, -0.15) is 0 Å². The molecule has 10 nitrogen and oxygen atoms in total. The summed E-state index contributed by atoms with van der Waals surface area (Å²) in [5.74, 6) is -1.02. The van der Waals surface area contributed by atoms with Crippen molar-refractivity contribution in [3.63, 3.8) is 0 Å². The van der Waals surface area contributed by atoms with Gasteiger partial charge in [0.15, 0.2) is 0 Å². The minimum absolute atomic E-state index is 0.192. The van der Waals surface area contributed by atoms with Crippen molar-refractivity contribution >= 4 is 19.8 Å². The fraction of sp³-hybridized carbons (Fsp3) is 0.857. The molecule has 0 aliphatic heterocycles. The summed E-state index contributed by atoms with van der Waals surface area (Å²) in [4.78, 5) is 34.3. The lowest BCUT2D eigenvalue weighted by Crippen LogP contribution is -2.28. The lowest BCUT2D eigenvalue weighted by atomic mass is 10.0. The summed E-state index contributed by atoms with van der Waals surface area (Å²) in [6, 6.07) is 0. The van der Waals surface area contributed by atoms with E-state index in [9.17, 15) is 29.3 Å². The molecule has 0 spiro atoms. The van der Waals surface area contributed by atoms with E-state index in [1.165, 1.54) is 109 Å². The SMILES string of the molecule is CCCCCCC/C=C\C/C=C\CCCCCCCCCCCCCC(=O)OC(CO)COP(=O)(O)OCC(CO)OC(=O)CCCCCCCCC. The molecule has 0 aromatic heterocycles. The number of esters is 2. The summed E-state index contributed by atoms with van der Waals surface area (Å²) >= 11 is 0. The first-order chi connectivity index (χ1) is 25.8. The summed E-state index contributed by atoms with van der Waals surface area (Å²) in [5.41, 5.74) is 0. The quantitative estimate of drug-likeness (QED) is 0.0238. The van der Waals surface area contributed by atoms with Crippen LogP contribution in [0.4, 0.5) is 0 Å². The molecular weight excluding hydrogens is 695 g/mol. The zero-order valence-corrected chi connectivity index (χ0v) is 34.6. The van der Waals surface area contributed by atoms with Crippen LogP contribution in [0.5, 0.6) is 0 Å². The average molecular weight is 775 g/mol. The van der Waals surface area contributed by atoms with Gasteiger partial charge in [0.2, 0.25) is 0 Å². The number of rotatable bonds is 40. The number of ether oxygens (including phenoxy) is 2. The molecule has 0 saturated carbocycles. The van der Waals surface area contributed by atoms with Crippen molar-refractivity contribution in [2.75, 3.05) is 26.4 Å². The molecule has 0 fully saturated rings. The van der Waals surface area contributed by atoms with Crippen LogP contribution in [0, 0.1) is 0 Å². The highest BCUT2D eigenvalue weighted by Crippen LogP contribution is 2.43. The van der Waals surface area contributed by atoms with E-state index in [0.717, 1.165) is 44.9 Å². The van der Waals surface area contributed by atoms with Gasteiger partial charge in [0, 0.05) is 12.8 Å². The Bertz CT molecular complexity index is 941. The Balaban J connectivity index is 3.82. The Morgan fingerprint density at radius 3 is 1.17 bits per heavy atom. The molecule has 0 aliphatic carbocycles. The first-order valence-corrected chi connectivity index (χ1v) is 22.8. The van der Waals surface area contributed by atoms with Gasteiger partial charge in [-0.15, -0.1) is 0 Å².